The number of carboxylic acid groups (broad SMARTS) is 1. The highest BCUT2D eigenvalue weighted by Gasteiger charge is 2.19. The summed E-state index contributed by atoms with van der Waals surface area (Å²) in [6.07, 6.45) is 1.42. The van der Waals surface area contributed by atoms with Crippen molar-refractivity contribution in [2.75, 3.05) is 5.32 Å². The van der Waals surface area contributed by atoms with Crippen molar-refractivity contribution in [1.29, 1.82) is 0 Å². The lowest BCUT2D eigenvalue weighted by Crippen LogP contribution is -2.36. The van der Waals surface area contributed by atoms with Crippen molar-refractivity contribution in [3.05, 3.63) is 98.4 Å². The van der Waals surface area contributed by atoms with Gasteiger partial charge in [-0.1, -0.05) is 53.6 Å². The number of carbonyl (C=O) groups is 2. The molecule has 1 atom stereocenters. The second-order valence-electron chi connectivity index (χ2n) is 7.65. The second kappa shape index (κ2) is 10.2. The first-order valence-electron chi connectivity index (χ1n) is 10.0. The number of benzene rings is 2. The highest BCUT2D eigenvalue weighted by atomic mass is 35.5. The molecule has 0 bridgehead atoms. The van der Waals surface area contributed by atoms with Gasteiger partial charge in [0.05, 0.1) is 19.0 Å². The van der Waals surface area contributed by atoms with Crippen molar-refractivity contribution in [2.45, 2.75) is 32.9 Å². The Morgan fingerprint density at radius 2 is 1.69 bits per heavy atom. The Morgan fingerprint density at radius 1 is 1.03 bits per heavy atom. The zero-order valence-corrected chi connectivity index (χ0v) is 18.5. The summed E-state index contributed by atoms with van der Waals surface area (Å²) in [5.41, 5.74) is 3.10. The van der Waals surface area contributed by atoms with Crippen LogP contribution in [0, 0.1) is 13.8 Å². The number of aliphatic carboxylic acids is 1. The maximum atomic E-state index is 12.9. The fourth-order valence-electron chi connectivity index (χ4n) is 3.32. The molecule has 3 rings (SSSR count). The molecule has 2 amide bonds. The predicted octanol–water partition coefficient (Wildman–Crippen LogP) is 4.50. The summed E-state index contributed by atoms with van der Waals surface area (Å²) in [7, 11) is 0. The predicted molar refractivity (Wildman–Crippen MR) is 124 cm³/mol. The molecule has 3 aromatic rings. The van der Waals surface area contributed by atoms with E-state index < -0.39 is 18.0 Å². The molecule has 7 nitrogen and oxygen atoms in total. The average Bonchev–Trinajstić information content (AvgIpc) is 2.73. The summed E-state index contributed by atoms with van der Waals surface area (Å²) in [4.78, 5) is 36.8. The van der Waals surface area contributed by atoms with E-state index in [2.05, 4.69) is 10.6 Å². The van der Waals surface area contributed by atoms with E-state index in [1.807, 2.05) is 38.1 Å². The van der Waals surface area contributed by atoms with Gasteiger partial charge in [0.1, 0.15) is 5.69 Å². The van der Waals surface area contributed by atoms with Gasteiger partial charge >= 0.3 is 12.0 Å². The fraction of sp³-hybridized carbons (Fsp3) is 0.208. The number of carbonyl (C=O) groups excluding carboxylic acids is 1. The molecule has 166 valence electrons. The minimum Gasteiger partial charge on any atom is -0.481 e. The number of nitrogens with zero attached hydrogens (tertiary/aromatic N) is 1. The lowest BCUT2D eigenvalue weighted by molar-refractivity contribution is -0.137. The molecule has 1 aromatic heterocycles. The number of aryl methyl sites for hydroxylation is 2. The molecule has 0 saturated heterocycles. The molecule has 1 heterocycles. The summed E-state index contributed by atoms with van der Waals surface area (Å²) in [6, 6.07) is 14.6. The highest BCUT2D eigenvalue weighted by Crippen LogP contribution is 2.18. The molecule has 0 aliphatic rings. The number of carboxylic acids is 1. The first-order chi connectivity index (χ1) is 15.2. The monoisotopic (exact) mass is 453 g/mol. The van der Waals surface area contributed by atoms with Crippen LogP contribution in [0.2, 0.25) is 5.02 Å². The van der Waals surface area contributed by atoms with Crippen LogP contribution in [0.4, 0.5) is 10.5 Å². The van der Waals surface area contributed by atoms with Gasteiger partial charge in [-0.05, 0) is 48.7 Å². The molecule has 0 saturated carbocycles. The van der Waals surface area contributed by atoms with Crippen molar-refractivity contribution >= 4 is 29.3 Å². The van der Waals surface area contributed by atoms with Crippen LogP contribution in [-0.2, 0) is 11.3 Å². The van der Waals surface area contributed by atoms with Gasteiger partial charge in [-0.15, -0.1) is 0 Å². The lowest BCUT2D eigenvalue weighted by atomic mass is 10.0. The standard InChI is InChI=1S/C24H24ClN3O4/c1-15-3-7-18(8-4-15)20(12-22(29)30)26-24(32)27-21-11-16(2)13-28(23(21)31)14-17-5-9-19(25)10-6-17/h3-11,13,20H,12,14H2,1-2H3,(H,29,30)(H2,26,27,32)/t20-/m0/s1. The Labute approximate surface area is 190 Å². The summed E-state index contributed by atoms with van der Waals surface area (Å²) < 4.78 is 1.50. The third kappa shape index (κ3) is 6.21. The van der Waals surface area contributed by atoms with Gasteiger partial charge in [-0.25, -0.2) is 4.79 Å². The van der Waals surface area contributed by atoms with Crippen LogP contribution in [-0.4, -0.2) is 21.7 Å². The van der Waals surface area contributed by atoms with Gasteiger partial charge in [0.2, 0.25) is 0 Å². The number of halogens is 1. The first-order valence-corrected chi connectivity index (χ1v) is 10.4. The van der Waals surface area contributed by atoms with Crippen LogP contribution in [0.15, 0.2) is 65.6 Å². The van der Waals surface area contributed by atoms with E-state index >= 15 is 0 Å². The molecule has 0 aliphatic heterocycles. The van der Waals surface area contributed by atoms with E-state index in [9.17, 15) is 19.5 Å². The zero-order valence-electron chi connectivity index (χ0n) is 17.8. The number of pyridine rings is 1. The first kappa shape index (κ1) is 23.1. The molecule has 2 aromatic carbocycles. The Bertz CT molecular complexity index is 1170. The van der Waals surface area contributed by atoms with Crippen molar-refractivity contribution < 1.29 is 14.7 Å². The van der Waals surface area contributed by atoms with E-state index in [0.29, 0.717) is 17.1 Å². The fourth-order valence-corrected chi connectivity index (χ4v) is 3.45. The smallest absolute Gasteiger partial charge is 0.319 e. The third-order valence-electron chi connectivity index (χ3n) is 4.90. The zero-order chi connectivity index (χ0) is 23.3. The molecule has 3 N–H and O–H groups in total. The molecular weight excluding hydrogens is 430 g/mol. The maximum Gasteiger partial charge on any atom is 0.319 e. The van der Waals surface area contributed by atoms with Crippen LogP contribution in [0.25, 0.3) is 0 Å². The number of aromatic nitrogens is 1. The van der Waals surface area contributed by atoms with Crippen molar-refractivity contribution in [3.8, 4) is 0 Å². The number of anilines is 1. The molecule has 8 heteroatoms. The van der Waals surface area contributed by atoms with Crippen LogP contribution in [0.3, 0.4) is 0 Å². The molecular formula is C24H24ClN3O4. The summed E-state index contributed by atoms with van der Waals surface area (Å²) in [6.45, 7) is 4.06. The van der Waals surface area contributed by atoms with Crippen LogP contribution < -0.4 is 16.2 Å². The van der Waals surface area contributed by atoms with E-state index in [-0.39, 0.29) is 17.7 Å². The molecule has 32 heavy (non-hydrogen) atoms. The van der Waals surface area contributed by atoms with E-state index in [0.717, 1.165) is 16.7 Å². The van der Waals surface area contributed by atoms with E-state index in [1.54, 1.807) is 36.5 Å². The third-order valence-corrected chi connectivity index (χ3v) is 5.15. The van der Waals surface area contributed by atoms with Gasteiger partial charge in [0, 0.05) is 11.2 Å². The number of hydrogen-bond donors (Lipinski definition) is 3. The molecule has 0 fully saturated rings. The Balaban J connectivity index is 1.79. The van der Waals surface area contributed by atoms with Gasteiger partial charge in [0.15, 0.2) is 0 Å². The van der Waals surface area contributed by atoms with Gasteiger partial charge < -0.3 is 20.3 Å². The Kier molecular flexibility index (Phi) is 7.33. The van der Waals surface area contributed by atoms with Crippen molar-refractivity contribution in [1.82, 2.24) is 9.88 Å². The van der Waals surface area contributed by atoms with Crippen LogP contribution >= 0.6 is 11.6 Å². The summed E-state index contributed by atoms with van der Waals surface area (Å²) in [5.74, 6) is -1.04. The Hall–Kier alpha value is -3.58. The van der Waals surface area contributed by atoms with Gasteiger partial charge in [-0.3, -0.25) is 9.59 Å². The van der Waals surface area contributed by atoms with Crippen LogP contribution in [0.5, 0.6) is 0 Å². The number of hydrogen-bond acceptors (Lipinski definition) is 3. The largest absolute Gasteiger partial charge is 0.481 e. The number of amides is 2. The SMILES string of the molecule is Cc1ccc([C@H](CC(=O)O)NC(=O)Nc2cc(C)cn(Cc3ccc(Cl)cc3)c2=O)cc1. The van der Waals surface area contributed by atoms with Crippen LogP contribution in [0.1, 0.15) is 34.7 Å². The second-order valence-corrected chi connectivity index (χ2v) is 8.09. The summed E-state index contributed by atoms with van der Waals surface area (Å²) in [5, 5.41) is 15.1. The Morgan fingerprint density at radius 3 is 2.31 bits per heavy atom. The molecule has 0 aliphatic carbocycles. The van der Waals surface area contributed by atoms with Crippen molar-refractivity contribution in [2.24, 2.45) is 0 Å². The topological polar surface area (TPSA) is 100 Å². The van der Waals surface area contributed by atoms with E-state index in [4.69, 9.17) is 11.6 Å². The minimum absolute atomic E-state index is 0.106. The van der Waals surface area contributed by atoms with E-state index in [1.165, 1.54) is 4.57 Å². The van der Waals surface area contributed by atoms with Crippen molar-refractivity contribution in [3.63, 3.8) is 0 Å². The highest BCUT2D eigenvalue weighted by molar-refractivity contribution is 6.30. The summed E-state index contributed by atoms with van der Waals surface area (Å²) >= 11 is 5.92. The normalized spacial score (nSPS) is 11.6. The maximum absolute atomic E-state index is 12.9. The lowest BCUT2D eigenvalue weighted by Gasteiger charge is -2.18. The molecule has 0 radical (unpaired) electrons. The van der Waals surface area contributed by atoms with Gasteiger partial charge in [0.25, 0.3) is 5.56 Å². The van der Waals surface area contributed by atoms with Gasteiger partial charge in [-0.2, -0.15) is 0 Å². The molecule has 0 unspecified atom stereocenters. The minimum atomic E-state index is -1.04. The number of urea groups is 1. The number of nitrogens with one attached hydrogen (secondary N) is 2. The quantitative estimate of drug-likeness (QED) is 0.490. The number of rotatable bonds is 7. The molecule has 0 spiro atoms. The average molecular weight is 454 g/mol.